The lowest BCUT2D eigenvalue weighted by Crippen LogP contribution is -2.31. The maximum absolute atomic E-state index is 13.5. The van der Waals surface area contributed by atoms with Crippen molar-refractivity contribution >= 4 is 64.5 Å². The van der Waals surface area contributed by atoms with Gasteiger partial charge >= 0.3 is 0 Å². The summed E-state index contributed by atoms with van der Waals surface area (Å²) in [6.07, 6.45) is -0.988. The summed E-state index contributed by atoms with van der Waals surface area (Å²) in [5.74, 6) is 0.436. The van der Waals surface area contributed by atoms with Crippen molar-refractivity contribution in [2.24, 2.45) is 0 Å². The number of rotatable bonds is 4. The smallest absolute Gasteiger partial charge is 0.195 e. The van der Waals surface area contributed by atoms with Gasteiger partial charge in [0, 0.05) is 32.0 Å². The number of hydrogen-bond acceptors (Lipinski definition) is 4. The first kappa shape index (κ1) is 21.1. The number of ketones is 1. The average Bonchev–Trinajstić information content (AvgIpc) is 3.05. The highest BCUT2D eigenvalue weighted by atomic mass is 79.9. The fourth-order valence-corrected chi connectivity index (χ4v) is 6.10. The average molecular weight is 588 g/mol. The lowest BCUT2D eigenvalue weighted by atomic mass is 9.71. The molecule has 1 aromatic heterocycles. The van der Waals surface area contributed by atoms with E-state index in [0.717, 1.165) is 26.6 Å². The molecule has 0 fully saturated rings. The molecule has 0 amide bonds. The number of halogens is 3. The van der Waals surface area contributed by atoms with Crippen molar-refractivity contribution in [3.05, 3.63) is 60.1 Å². The Kier molecular flexibility index (Phi) is 5.44. The molecule has 2 aromatic carbocycles. The molecule has 4 rings (SSSR count). The number of aliphatic hydroxyl groups excluding tert-OH is 2. The van der Waals surface area contributed by atoms with Gasteiger partial charge in [-0.15, -0.1) is 0 Å². The van der Waals surface area contributed by atoms with Crippen LogP contribution < -0.4 is 4.74 Å². The fourth-order valence-electron chi connectivity index (χ4n) is 3.89. The molecule has 3 aromatic rings. The number of fused-ring (bicyclic) bond motifs is 4. The summed E-state index contributed by atoms with van der Waals surface area (Å²) < 4.78 is 7.93. The number of aliphatic hydroxyl groups is 2. The first-order valence-electron chi connectivity index (χ1n) is 8.97. The topological polar surface area (TPSA) is 82.6 Å². The van der Waals surface area contributed by atoms with Crippen LogP contribution in [-0.2, 0) is 5.41 Å². The molecule has 1 heterocycles. The Bertz CT molecular complexity index is 1150. The van der Waals surface area contributed by atoms with Crippen LogP contribution in [0.5, 0.6) is 5.75 Å². The third-order valence-corrected chi connectivity index (χ3v) is 7.13. The monoisotopic (exact) mass is 585 g/mol. The van der Waals surface area contributed by atoms with E-state index in [-0.39, 0.29) is 12.4 Å². The zero-order valence-corrected chi connectivity index (χ0v) is 20.4. The summed E-state index contributed by atoms with van der Waals surface area (Å²) >= 11 is 10.6. The second-order valence-electron chi connectivity index (χ2n) is 7.59. The number of hydrogen-bond donors (Lipinski definition) is 3. The van der Waals surface area contributed by atoms with E-state index in [1.807, 2.05) is 18.2 Å². The predicted molar refractivity (Wildman–Crippen MR) is 122 cm³/mol. The minimum atomic E-state index is -0.988. The molecular formula is C21H18Br3NO4. The molecular weight excluding hydrogens is 570 g/mol. The van der Waals surface area contributed by atoms with Crippen LogP contribution in [0.3, 0.4) is 0 Å². The van der Waals surface area contributed by atoms with Gasteiger partial charge in [-0.2, -0.15) is 0 Å². The van der Waals surface area contributed by atoms with Crippen LogP contribution in [0.25, 0.3) is 10.9 Å². The number of ether oxygens (including phenoxy) is 1. The highest BCUT2D eigenvalue weighted by Crippen LogP contribution is 2.50. The SMILES string of the molecule is CC1(C)c2[nH]c3cc(Br)ccc3c2C(=O)c2cc(Br)c(OC[C@@H](O)CO)c(Br)c21. The molecule has 0 aliphatic heterocycles. The Morgan fingerprint density at radius 3 is 2.62 bits per heavy atom. The third kappa shape index (κ3) is 3.29. The zero-order valence-electron chi connectivity index (χ0n) is 15.6. The molecule has 0 spiro atoms. The van der Waals surface area contributed by atoms with Crippen LogP contribution in [0.2, 0.25) is 0 Å². The molecule has 1 aliphatic rings. The van der Waals surface area contributed by atoms with Gasteiger partial charge in [-0.05, 0) is 55.6 Å². The van der Waals surface area contributed by atoms with Crippen LogP contribution in [0.15, 0.2) is 37.7 Å². The summed E-state index contributed by atoms with van der Waals surface area (Å²) in [5, 5.41) is 19.6. The van der Waals surface area contributed by atoms with E-state index < -0.39 is 18.1 Å². The molecule has 1 aliphatic carbocycles. The van der Waals surface area contributed by atoms with Gasteiger partial charge in [0.15, 0.2) is 5.78 Å². The molecule has 0 saturated carbocycles. The second-order valence-corrected chi connectivity index (χ2v) is 10.2. The van der Waals surface area contributed by atoms with Crippen LogP contribution in [0.4, 0.5) is 0 Å². The predicted octanol–water partition coefficient (Wildman–Crippen LogP) is 5.06. The minimum absolute atomic E-state index is 0.0498. The van der Waals surface area contributed by atoms with Crippen molar-refractivity contribution in [2.45, 2.75) is 25.4 Å². The van der Waals surface area contributed by atoms with E-state index in [0.29, 0.717) is 25.8 Å². The Morgan fingerprint density at radius 2 is 1.93 bits per heavy atom. The van der Waals surface area contributed by atoms with Crippen molar-refractivity contribution in [1.29, 1.82) is 0 Å². The third-order valence-electron chi connectivity index (χ3n) is 5.29. The van der Waals surface area contributed by atoms with Gasteiger partial charge in [0.05, 0.1) is 21.1 Å². The van der Waals surface area contributed by atoms with Gasteiger partial charge in [0.1, 0.15) is 18.5 Å². The summed E-state index contributed by atoms with van der Waals surface area (Å²) in [6.45, 7) is 3.67. The standard InChI is InChI=1S/C21H18Br3NO4/c1-21(2)16-12(6-13(23)19(17(16)24)29-8-10(27)7-26)18(28)15-11-4-3-9(22)5-14(11)25-20(15)21/h3-6,10,25-27H,7-8H2,1-2H3/t10-/m0/s1. The van der Waals surface area contributed by atoms with E-state index in [2.05, 4.69) is 66.6 Å². The first-order chi connectivity index (χ1) is 13.7. The van der Waals surface area contributed by atoms with Gasteiger partial charge in [-0.3, -0.25) is 4.79 Å². The maximum atomic E-state index is 13.5. The zero-order chi connectivity index (χ0) is 21.1. The van der Waals surface area contributed by atoms with E-state index in [1.165, 1.54) is 0 Å². The lowest BCUT2D eigenvalue weighted by Gasteiger charge is -2.34. The summed E-state index contributed by atoms with van der Waals surface area (Å²) in [5.41, 5.74) is 3.35. The highest BCUT2D eigenvalue weighted by molar-refractivity contribution is 9.11. The number of benzene rings is 2. The summed E-state index contributed by atoms with van der Waals surface area (Å²) in [4.78, 5) is 16.9. The largest absolute Gasteiger partial charge is 0.488 e. The lowest BCUT2D eigenvalue weighted by molar-refractivity contribution is 0.0530. The normalized spacial score (nSPS) is 15.9. The van der Waals surface area contributed by atoms with Gasteiger partial charge in [-0.1, -0.05) is 35.8 Å². The molecule has 3 N–H and O–H groups in total. The maximum Gasteiger partial charge on any atom is 0.195 e. The fraction of sp³-hybridized carbons (Fsp3) is 0.286. The Morgan fingerprint density at radius 1 is 1.21 bits per heavy atom. The molecule has 0 bridgehead atoms. The molecule has 1 atom stereocenters. The molecule has 0 saturated heterocycles. The van der Waals surface area contributed by atoms with Crippen LogP contribution in [-0.4, -0.2) is 40.3 Å². The molecule has 0 unspecified atom stereocenters. The van der Waals surface area contributed by atoms with Crippen molar-refractivity contribution in [3.63, 3.8) is 0 Å². The van der Waals surface area contributed by atoms with Crippen molar-refractivity contribution < 1.29 is 19.7 Å². The van der Waals surface area contributed by atoms with Gasteiger partial charge in [0.2, 0.25) is 0 Å². The van der Waals surface area contributed by atoms with E-state index in [4.69, 9.17) is 9.84 Å². The van der Waals surface area contributed by atoms with Crippen LogP contribution >= 0.6 is 47.8 Å². The number of aromatic nitrogens is 1. The number of carbonyl (C=O) groups excluding carboxylic acids is 1. The minimum Gasteiger partial charge on any atom is -0.488 e. The van der Waals surface area contributed by atoms with Crippen molar-refractivity contribution in [3.8, 4) is 5.75 Å². The van der Waals surface area contributed by atoms with Crippen molar-refractivity contribution in [2.75, 3.05) is 13.2 Å². The van der Waals surface area contributed by atoms with E-state index in [9.17, 15) is 9.90 Å². The van der Waals surface area contributed by atoms with Gasteiger partial charge in [0.25, 0.3) is 0 Å². The van der Waals surface area contributed by atoms with E-state index in [1.54, 1.807) is 6.07 Å². The first-order valence-corrected chi connectivity index (χ1v) is 11.3. The van der Waals surface area contributed by atoms with Crippen molar-refractivity contribution in [1.82, 2.24) is 4.98 Å². The summed E-state index contributed by atoms with van der Waals surface area (Å²) in [6, 6.07) is 7.62. The molecule has 5 nitrogen and oxygen atoms in total. The molecule has 0 radical (unpaired) electrons. The summed E-state index contributed by atoms with van der Waals surface area (Å²) in [7, 11) is 0. The second kappa shape index (κ2) is 7.50. The molecule has 152 valence electrons. The Labute approximate surface area is 192 Å². The number of nitrogens with one attached hydrogen (secondary N) is 1. The number of aromatic amines is 1. The van der Waals surface area contributed by atoms with Crippen LogP contribution in [0, 0.1) is 0 Å². The quantitative estimate of drug-likeness (QED) is 0.399. The number of H-pyrrole nitrogens is 1. The Balaban J connectivity index is 1.93. The Hall–Kier alpha value is -1.19. The van der Waals surface area contributed by atoms with Crippen LogP contribution in [0.1, 0.15) is 41.0 Å². The van der Waals surface area contributed by atoms with Gasteiger partial charge < -0.3 is 19.9 Å². The molecule has 8 heteroatoms. The number of carbonyl (C=O) groups is 1. The van der Waals surface area contributed by atoms with E-state index >= 15 is 0 Å². The highest BCUT2D eigenvalue weighted by Gasteiger charge is 2.42. The molecule has 29 heavy (non-hydrogen) atoms. The van der Waals surface area contributed by atoms with Gasteiger partial charge in [-0.25, -0.2) is 0 Å².